The normalized spacial score (nSPS) is 27.9. The third kappa shape index (κ3) is 2.25. The van der Waals surface area contributed by atoms with E-state index in [4.69, 9.17) is 5.11 Å². The lowest BCUT2D eigenvalue weighted by Gasteiger charge is -2.36. The molecule has 0 saturated carbocycles. The van der Waals surface area contributed by atoms with E-state index in [9.17, 15) is 15.0 Å². The molecular weight excluding hydrogens is 234 g/mol. The Kier molecular flexibility index (Phi) is 3.38. The number of hydrogen-bond acceptors (Lipinski definition) is 4. The SMILES string of the molecule is C[C@@](O)(c1ccccc1)N1CC(C(=O)O)CC1O. The van der Waals surface area contributed by atoms with Crippen LogP contribution in [0.3, 0.4) is 0 Å². The number of benzene rings is 1. The largest absolute Gasteiger partial charge is 0.481 e. The lowest BCUT2D eigenvalue weighted by Crippen LogP contribution is -2.47. The summed E-state index contributed by atoms with van der Waals surface area (Å²) in [5.74, 6) is -1.59. The zero-order valence-electron chi connectivity index (χ0n) is 10.2. The molecule has 0 aromatic heterocycles. The zero-order valence-corrected chi connectivity index (χ0v) is 10.2. The molecule has 5 nitrogen and oxygen atoms in total. The van der Waals surface area contributed by atoms with Crippen molar-refractivity contribution in [3.63, 3.8) is 0 Å². The molecule has 5 heteroatoms. The zero-order chi connectivity index (χ0) is 13.3. The van der Waals surface area contributed by atoms with Crippen molar-refractivity contribution in [1.29, 1.82) is 0 Å². The summed E-state index contributed by atoms with van der Waals surface area (Å²) in [5.41, 5.74) is -0.736. The van der Waals surface area contributed by atoms with Gasteiger partial charge in [-0.25, -0.2) is 4.90 Å². The van der Waals surface area contributed by atoms with Crippen LogP contribution in [0.5, 0.6) is 0 Å². The molecule has 3 atom stereocenters. The molecule has 0 amide bonds. The lowest BCUT2D eigenvalue weighted by molar-refractivity contribution is -0.155. The maximum Gasteiger partial charge on any atom is 0.307 e. The number of nitrogens with zero attached hydrogens (tertiary/aromatic N) is 1. The quantitative estimate of drug-likeness (QED) is 0.732. The third-order valence-corrected chi connectivity index (χ3v) is 3.50. The minimum absolute atomic E-state index is 0.137. The molecule has 1 aromatic carbocycles. The maximum absolute atomic E-state index is 10.9. The van der Waals surface area contributed by atoms with Crippen molar-refractivity contribution in [2.45, 2.75) is 25.3 Å². The molecule has 2 unspecified atom stereocenters. The van der Waals surface area contributed by atoms with Crippen molar-refractivity contribution in [3.8, 4) is 0 Å². The van der Waals surface area contributed by atoms with Gasteiger partial charge in [0.1, 0.15) is 12.0 Å². The number of rotatable bonds is 3. The maximum atomic E-state index is 10.9. The Hall–Kier alpha value is -1.43. The van der Waals surface area contributed by atoms with Crippen molar-refractivity contribution < 1.29 is 20.1 Å². The van der Waals surface area contributed by atoms with Gasteiger partial charge in [0.15, 0.2) is 0 Å². The number of hydrogen-bond donors (Lipinski definition) is 3. The molecule has 1 fully saturated rings. The van der Waals surface area contributed by atoms with Crippen LogP contribution >= 0.6 is 0 Å². The van der Waals surface area contributed by atoms with Gasteiger partial charge in [-0.15, -0.1) is 0 Å². The fourth-order valence-electron chi connectivity index (χ4n) is 2.38. The molecule has 1 aliphatic heterocycles. The van der Waals surface area contributed by atoms with E-state index in [1.54, 1.807) is 31.2 Å². The number of likely N-dealkylation sites (tertiary alicyclic amines) is 1. The van der Waals surface area contributed by atoms with E-state index in [-0.39, 0.29) is 13.0 Å². The second-order valence-corrected chi connectivity index (χ2v) is 4.79. The van der Waals surface area contributed by atoms with Crippen LogP contribution in [0.15, 0.2) is 30.3 Å². The van der Waals surface area contributed by atoms with Crippen LogP contribution in [0.4, 0.5) is 0 Å². The van der Waals surface area contributed by atoms with Gasteiger partial charge in [0.05, 0.1) is 5.92 Å². The van der Waals surface area contributed by atoms with Crippen molar-refractivity contribution in [3.05, 3.63) is 35.9 Å². The minimum atomic E-state index is -1.37. The summed E-state index contributed by atoms with van der Waals surface area (Å²) >= 11 is 0. The van der Waals surface area contributed by atoms with Crippen LogP contribution in [-0.4, -0.2) is 39.0 Å². The van der Waals surface area contributed by atoms with Gasteiger partial charge in [-0.05, 0) is 12.5 Å². The molecule has 0 radical (unpaired) electrons. The van der Waals surface area contributed by atoms with Crippen molar-refractivity contribution in [1.82, 2.24) is 4.90 Å². The minimum Gasteiger partial charge on any atom is -0.481 e. The monoisotopic (exact) mass is 251 g/mol. The highest BCUT2D eigenvalue weighted by Gasteiger charge is 2.44. The molecule has 2 rings (SSSR count). The smallest absolute Gasteiger partial charge is 0.307 e. The van der Waals surface area contributed by atoms with E-state index in [0.717, 1.165) is 0 Å². The molecule has 1 heterocycles. The summed E-state index contributed by atoms with van der Waals surface area (Å²) in [6.45, 7) is 1.70. The summed E-state index contributed by atoms with van der Waals surface area (Å²) in [7, 11) is 0. The van der Waals surface area contributed by atoms with Crippen LogP contribution in [0, 0.1) is 5.92 Å². The van der Waals surface area contributed by atoms with Gasteiger partial charge < -0.3 is 15.3 Å². The summed E-state index contributed by atoms with van der Waals surface area (Å²) in [5, 5.41) is 29.4. The van der Waals surface area contributed by atoms with Crippen molar-refractivity contribution in [2.24, 2.45) is 5.92 Å². The first-order valence-corrected chi connectivity index (χ1v) is 5.88. The molecule has 0 bridgehead atoms. The summed E-state index contributed by atoms with van der Waals surface area (Å²) in [4.78, 5) is 12.4. The van der Waals surface area contributed by atoms with Gasteiger partial charge in [0, 0.05) is 13.0 Å². The van der Waals surface area contributed by atoms with Crippen LogP contribution < -0.4 is 0 Å². The second-order valence-electron chi connectivity index (χ2n) is 4.79. The van der Waals surface area contributed by atoms with Crippen molar-refractivity contribution in [2.75, 3.05) is 6.54 Å². The Morgan fingerprint density at radius 3 is 2.50 bits per heavy atom. The number of carbonyl (C=O) groups is 1. The van der Waals surface area contributed by atoms with E-state index in [2.05, 4.69) is 0 Å². The average Bonchev–Trinajstić information content (AvgIpc) is 2.73. The highest BCUT2D eigenvalue weighted by molar-refractivity contribution is 5.70. The van der Waals surface area contributed by atoms with Crippen LogP contribution in [0.2, 0.25) is 0 Å². The fourth-order valence-corrected chi connectivity index (χ4v) is 2.38. The first kappa shape index (κ1) is 13.0. The predicted octanol–water partition coefficient (Wildman–Crippen LogP) is 0.577. The van der Waals surface area contributed by atoms with Crippen LogP contribution in [-0.2, 0) is 10.5 Å². The number of aliphatic carboxylic acids is 1. The highest BCUT2D eigenvalue weighted by Crippen LogP contribution is 2.34. The van der Waals surface area contributed by atoms with Gasteiger partial charge in [-0.2, -0.15) is 0 Å². The van der Waals surface area contributed by atoms with Gasteiger partial charge in [0.2, 0.25) is 0 Å². The number of aliphatic hydroxyl groups excluding tert-OH is 1. The van der Waals surface area contributed by atoms with Crippen molar-refractivity contribution >= 4 is 5.97 Å². The Bertz CT molecular complexity index is 432. The molecule has 3 N–H and O–H groups in total. The molecule has 1 aromatic rings. The number of aliphatic hydroxyl groups is 2. The Morgan fingerprint density at radius 1 is 1.39 bits per heavy atom. The first-order chi connectivity index (χ1) is 8.43. The molecule has 98 valence electrons. The summed E-state index contributed by atoms with van der Waals surface area (Å²) in [6.07, 6.45) is -0.806. The Balaban J connectivity index is 2.23. The van der Waals surface area contributed by atoms with Gasteiger partial charge in [-0.3, -0.25) is 4.79 Å². The predicted molar refractivity (Wildman–Crippen MR) is 64.5 cm³/mol. The van der Waals surface area contributed by atoms with Crippen LogP contribution in [0.25, 0.3) is 0 Å². The molecule has 1 aliphatic rings. The molecule has 0 aliphatic carbocycles. The van der Waals surface area contributed by atoms with Gasteiger partial charge in [-0.1, -0.05) is 30.3 Å². The fraction of sp³-hybridized carbons (Fsp3) is 0.462. The summed E-state index contributed by atoms with van der Waals surface area (Å²) in [6, 6.07) is 8.92. The first-order valence-electron chi connectivity index (χ1n) is 5.88. The van der Waals surface area contributed by atoms with Gasteiger partial charge in [0.25, 0.3) is 0 Å². The average molecular weight is 251 g/mol. The molecule has 1 saturated heterocycles. The second kappa shape index (κ2) is 4.68. The molecule has 18 heavy (non-hydrogen) atoms. The Labute approximate surface area is 105 Å². The Morgan fingerprint density at radius 2 is 2.00 bits per heavy atom. The summed E-state index contributed by atoms with van der Waals surface area (Å²) < 4.78 is 0. The topological polar surface area (TPSA) is 81.0 Å². The molecular formula is C13H17NO4. The highest BCUT2D eigenvalue weighted by atomic mass is 16.4. The number of carboxylic acid groups (broad SMARTS) is 1. The molecule has 0 spiro atoms. The van der Waals surface area contributed by atoms with E-state index in [1.165, 1.54) is 4.90 Å². The number of carboxylic acids is 1. The van der Waals surface area contributed by atoms with Gasteiger partial charge >= 0.3 is 5.97 Å². The van der Waals surface area contributed by atoms with E-state index < -0.39 is 23.8 Å². The van der Waals surface area contributed by atoms with E-state index in [0.29, 0.717) is 5.56 Å². The lowest BCUT2D eigenvalue weighted by atomic mass is 10.0. The van der Waals surface area contributed by atoms with E-state index in [1.807, 2.05) is 6.07 Å². The standard InChI is InChI=1S/C13H17NO4/c1-13(18,10-5-3-2-4-6-10)14-8-9(12(16)17)7-11(14)15/h2-6,9,11,15,18H,7-8H2,1H3,(H,16,17)/t9?,11?,13-/m1/s1. The van der Waals surface area contributed by atoms with Crippen LogP contribution in [0.1, 0.15) is 18.9 Å². The third-order valence-electron chi connectivity index (χ3n) is 3.50. The van der Waals surface area contributed by atoms with E-state index >= 15 is 0 Å².